The van der Waals surface area contributed by atoms with Crippen molar-refractivity contribution in [3.8, 4) is 0 Å². The zero-order valence-corrected chi connectivity index (χ0v) is 30.1. The molecule has 5 unspecified atom stereocenters. The van der Waals surface area contributed by atoms with E-state index in [0.29, 0.717) is 31.1 Å². The molecule has 4 aliphatic heterocycles. The molecule has 0 aromatic heterocycles. The molecule has 4 heterocycles. The molecule has 0 spiro atoms. The van der Waals surface area contributed by atoms with Crippen molar-refractivity contribution in [1.82, 2.24) is 31.7 Å². The average Bonchev–Trinajstić information content (AvgIpc) is 3.63. The molecule has 48 heavy (non-hydrogen) atoms. The number of carbonyl (C=O) groups excluding carboxylic acids is 2. The summed E-state index contributed by atoms with van der Waals surface area (Å²) in [7, 11) is 0. The van der Waals surface area contributed by atoms with Crippen LogP contribution in [0.25, 0.3) is 0 Å². The number of fused-ring (bicyclic) bond motifs is 2. The van der Waals surface area contributed by atoms with Crippen molar-refractivity contribution in [1.29, 1.82) is 0 Å². The molecule has 6 atom stereocenters. The molecule has 7 N–H and O–H groups in total. The van der Waals surface area contributed by atoms with E-state index in [1.54, 1.807) is 59.6 Å². The monoisotopic (exact) mass is 698 g/mol. The van der Waals surface area contributed by atoms with Crippen LogP contribution in [0.1, 0.15) is 74.7 Å². The number of nitrogens with one attached hydrogen (secondary N) is 5. The Morgan fingerprint density at radius 3 is 2.60 bits per heavy atom. The predicted octanol–water partition coefficient (Wildman–Crippen LogP) is 1.78. The number of nitrogens with two attached hydrogens (primary N) is 1. The summed E-state index contributed by atoms with van der Waals surface area (Å²) in [6.07, 6.45) is 1.77. The third kappa shape index (κ3) is 10.8. The van der Waals surface area contributed by atoms with Crippen LogP contribution in [0.3, 0.4) is 0 Å². The highest BCUT2D eigenvalue weighted by atomic mass is 32.2. The number of ether oxygens (including phenoxy) is 5. The molecule has 0 radical (unpaired) electrons. The number of esters is 1. The average molecular weight is 699 g/mol. The van der Waals surface area contributed by atoms with E-state index in [9.17, 15) is 9.59 Å². The third-order valence-electron chi connectivity index (χ3n) is 7.52. The van der Waals surface area contributed by atoms with Crippen molar-refractivity contribution in [2.45, 2.75) is 128 Å². The maximum atomic E-state index is 13.0. The third-order valence-corrected chi connectivity index (χ3v) is 8.61. The van der Waals surface area contributed by atoms with Crippen molar-refractivity contribution in [2.24, 2.45) is 21.2 Å². The summed E-state index contributed by atoms with van der Waals surface area (Å²) in [4.78, 5) is 31.9. The summed E-state index contributed by atoms with van der Waals surface area (Å²) >= 11 is 1.63. The summed E-state index contributed by atoms with van der Waals surface area (Å²) in [6.45, 7) is 16.4. The minimum absolute atomic E-state index is 0.182. The molecule has 0 saturated carbocycles. The van der Waals surface area contributed by atoms with E-state index in [0.717, 1.165) is 30.9 Å². The first-order valence-electron chi connectivity index (χ1n) is 16.5. The van der Waals surface area contributed by atoms with Crippen molar-refractivity contribution in [2.75, 3.05) is 31.3 Å². The SMILES string of the molecule is CC(C)(C)OC(=O)NN[C@@H](CCSCC1OC(N2CNC3=C(NCCCCN=NN)N=CNC32)C2OC(C)(C)OC12)C(=O)OC(C)(C)C. The largest absolute Gasteiger partial charge is 0.459 e. The first kappa shape index (κ1) is 37.9. The highest BCUT2D eigenvalue weighted by Gasteiger charge is 2.58. The van der Waals surface area contributed by atoms with Crippen LogP contribution in [0.2, 0.25) is 0 Å². The number of thioether (sulfide) groups is 1. The first-order valence-corrected chi connectivity index (χ1v) is 17.6. The van der Waals surface area contributed by atoms with Crippen LogP contribution in [0, 0.1) is 0 Å². The van der Waals surface area contributed by atoms with Crippen molar-refractivity contribution in [3.63, 3.8) is 0 Å². The van der Waals surface area contributed by atoms with Gasteiger partial charge in [-0.05, 0) is 80.4 Å². The zero-order valence-electron chi connectivity index (χ0n) is 29.3. The molecule has 0 bridgehead atoms. The van der Waals surface area contributed by atoms with Gasteiger partial charge in [0, 0.05) is 12.3 Å². The molecular weight excluding hydrogens is 644 g/mol. The van der Waals surface area contributed by atoms with Gasteiger partial charge in [-0.1, -0.05) is 5.22 Å². The molecule has 4 aliphatic rings. The molecule has 272 valence electrons. The fraction of sp³-hybridized carbons (Fsp3) is 0.833. The van der Waals surface area contributed by atoms with Gasteiger partial charge in [0.15, 0.2) is 11.6 Å². The lowest BCUT2D eigenvalue weighted by Gasteiger charge is -2.33. The summed E-state index contributed by atoms with van der Waals surface area (Å²) in [5.41, 5.74) is 4.86. The van der Waals surface area contributed by atoms with Gasteiger partial charge in [-0.15, -0.1) is 0 Å². The lowest BCUT2D eigenvalue weighted by molar-refractivity contribution is -0.204. The molecule has 1 amide bonds. The second-order valence-electron chi connectivity index (χ2n) is 14.4. The molecule has 0 aliphatic carbocycles. The van der Waals surface area contributed by atoms with Gasteiger partial charge in [0.1, 0.15) is 41.8 Å². The van der Waals surface area contributed by atoms with Crippen LogP contribution in [0.5, 0.6) is 0 Å². The number of hydrogen-bond donors (Lipinski definition) is 6. The van der Waals surface area contributed by atoms with Gasteiger partial charge in [-0.2, -0.15) is 16.9 Å². The van der Waals surface area contributed by atoms with E-state index < -0.39 is 35.1 Å². The Balaban J connectivity index is 1.34. The lowest BCUT2D eigenvalue weighted by atomic mass is 10.1. The van der Waals surface area contributed by atoms with E-state index in [1.807, 2.05) is 13.8 Å². The topological polar surface area (TPSA) is 207 Å². The minimum atomic E-state index is -0.779. The van der Waals surface area contributed by atoms with Gasteiger partial charge >= 0.3 is 12.1 Å². The van der Waals surface area contributed by atoms with Gasteiger partial charge in [0.05, 0.1) is 31.4 Å². The lowest BCUT2D eigenvalue weighted by Crippen LogP contribution is -2.52. The Labute approximate surface area is 287 Å². The molecule has 17 nitrogen and oxygen atoms in total. The second-order valence-corrected chi connectivity index (χ2v) is 15.6. The number of hydrazine groups is 1. The van der Waals surface area contributed by atoms with Gasteiger partial charge in [0.25, 0.3) is 0 Å². The van der Waals surface area contributed by atoms with Crippen LogP contribution in [0.4, 0.5) is 4.79 Å². The Kier molecular flexibility index (Phi) is 12.8. The van der Waals surface area contributed by atoms with Gasteiger partial charge < -0.3 is 45.5 Å². The Hall–Kier alpha value is -2.90. The van der Waals surface area contributed by atoms with E-state index in [4.69, 9.17) is 29.5 Å². The molecule has 18 heteroatoms. The standard InChI is InChI=1S/C30H54N10O7S/c1-28(2,3)46-26(41)18(37-38-27(42)47-29(4,5)6)11-14-48-15-19-21-22(45-30(7,8)44-21)25(43-19)40-17-35-20-23(33-16-34-24(20)40)32-12-9-10-13-36-39-31/h16,18-19,21-22,24-25,32,35,37H,9-15,17H2,1-8H3,(H2,31,36)(H,33,34)(H,38,42)/t18-,19?,21?,22?,24?,25?/m0/s1. The smallest absolute Gasteiger partial charge is 0.422 e. The number of nitrogens with zero attached hydrogens (tertiary/aromatic N) is 4. The van der Waals surface area contributed by atoms with E-state index in [-0.39, 0.29) is 30.7 Å². The maximum Gasteiger partial charge on any atom is 0.422 e. The number of hydrogen-bond acceptors (Lipinski definition) is 16. The predicted molar refractivity (Wildman–Crippen MR) is 180 cm³/mol. The number of aliphatic imine (C=N–C) groups is 1. The summed E-state index contributed by atoms with van der Waals surface area (Å²) in [5, 5.41) is 17.4. The van der Waals surface area contributed by atoms with Crippen LogP contribution in [0.15, 0.2) is 26.8 Å². The minimum Gasteiger partial charge on any atom is -0.459 e. The fourth-order valence-electron chi connectivity index (χ4n) is 5.65. The highest BCUT2D eigenvalue weighted by molar-refractivity contribution is 7.99. The molecule has 0 aromatic carbocycles. The Morgan fingerprint density at radius 2 is 1.90 bits per heavy atom. The molecular formula is C30H54N10O7S. The van der Waals surface area contributed by atoms with E-state index in [1.165, 1.54) is 0 Å². The van der Waals surface area contributed by atoms with Gasteiger partial charge in [-0.25, -0.2) is 20.1 Å². The summed E-state index contributed by atoms with van der Waals surface area (Å²) < 4.78 is 30.3. The van der Waals surface area contributed by atoms with Crippen LogP contribution >= 0.6 is 11.8 Å². The van der Waals surface area contributed by atoms with Crippen LogP contribution < -0.4 is 32.6 Å². The molecule has 3 saturated heterocycles. The number of rotatable bonds is 15. The maximum absolute atomic E-state index is 13.0. The number of carbonyl (C=O) groups is 2. The van der Waals surface area contributed by atoms with E-state index in [2.05, 4.69) is 47.0 Å². The number of unbranched alkanes of at least 4 members (excludes halogenated alkanes) is 1. The Morgan fingerprint density at radius 1 is 1.17 bits per heavy atom. The van der Waals surface area contributed by atoms with Crippen molar-refractivity contribution >= 4 is 30.2 Å². The summed E-state index contributed by atoms with van der Waals surface area (Å²) in [6, 6.07) is -0.779. The fourth-order valence-corrected chi connectivity index (χ4v) is 6.72. The first-order chi connectivity index (χ1) is 22.6. The zero-order chi connectivity index (χ0) is 35.1. The quantitative estimate of drug-likeness (QED) is 0.0474. The Bertz CT molecular complexity index is 1210. The van der Waals surface area contributed by atoms with Crippen molar-refractivity contribution in [3.05, 3.63) is 11.5 Å². The molecule has 3 fully saturated rings. The molecule has 0 aromatic rings. The normalized spacial score (nSPS) is 27.3. The van der Waals surface area contributed by atoms with Gasteiger partial charge in [-0.3, -0.25) is 10.2 Å². The van der Waals surface area contributed by atoms with Crippen LogP contribution in [-0.4, -0.2) is 108 Å². The van der Waals surface area contributed by atoms with E-state index >= 15 is 0 Å². The number of amides is 1. The highest BCUT2D eigenvalue weighted by Crippen LogP contribution is 2.42. The van der Waals surface area contributed by atoms with Crippen molar-refractivity contribution < 1.29 is 33.3 Å². The van der Waals surface area contributed by atoms with Gasteiger partial charge in [0.2, 0.25) is 0 Å². The summed E-state index contributed by atoms with van der Waals surface area (Å²) in [5.74, 6) is 5.82. The molecule has 4 rings (SSSR count). The second kappa shape index (κ2) is 16.2. The van der Waals surface area contributed by atoms with Crippen LogP contribution in [-0.2, 0) is 28.5 Å².